The molecule has 0 spiro atoms. The molecule has 1 amide bonds. The van der Waals surface area contributed by atoms with Crippen molar-refractivity contribution in [2.45, 2.75) is 37.1 Å². The van der Waals surface area contributed by atoms with E-state index in [4.69, 9.17) is 9.15 Å². The maximum absolute atomic E-state index is 12.8. The van der Waals surface area contributed by atoms with Gasteiger partial charge in [-0.25, -0.2) is 8.42 Å². The molecule has 2 aromatic rings. The molecule has 0 N–H and O–H groups in total. The van der Waals surface area contributed by atoms with Gasteiger partial charge in [-0.15, -0.1) is 0 Å². The standard InChI is InChI=1S/C21H28N2O5S/c1-27-15-13-22(17-19-6-5-14-28-19)21(24)16-18-7-9-20(10-8-18)29(25,26)23-11-3-2-4-12-23/h5-10,14H,2-4,11-13,15-17H2,1H3. The van der Waals surface area contributed by atoms with E-state index in [9.17, 15) is 13.2 Å². The molecule has 1 fully saturated rings. The van der Waals surface area contributed by atoms with E-state index >= 15 is 0 Å². The van der Waals surface area contributed by atoms with Crippen LogP contribution < -0.4 is 0 Å². The Labute approximate surface area is 172 Å². The number of carbonyl (C=O) groups is 1. The summed E-state index contributed by atoms with van der Waals surface area (Å²) in [5.74, 6) is 0.641. The second-order valence-electron chi connectivity index (χ2n) is 7.17. The zero-order valence-corrected chi connectivity index (χ0v) is 17.6. The molecule has 8 heteroatoms. The lowest BCUT2D eigenvalue weighted by atomic mass is 10.1. The predicted molar refractivity (Wildman–Crippen MR) is 109 cm³/mol. The van der Waals surface area contributed by atoms with Gasteiger partial charge < -0.3 is 14.1 Å². The Kier molecular flexibility index (Phi) is 7.46. The Balaban J connectivity index is 1.66. The van der Waals surface area contributed by atoms with Crippen molar-refractivity contribution >= 4 is 15.9 Å². The number of ether oxygens (including phenoxy) is 1. The van der Waals surface area contributed by atoms with Gasteiger partial charge in [0.1, 0.15) is 5.76 Å². The molecule has 0 atom stereocenters. The normalized spacial score (nSPS) is 15.3. The van der Waals surface area contributed by atoms with Gasteiger partial charge in [0.25, 0.3) is 0 Å². The fourth-order valence-corrected chi connectivity index (χ4v) is 4.92. The summed E-state index contributed by atoms with van der Waals surface area (Å²) in [5, 5.41) is 0. The lowest BCUT2D eigenvalue weighted by Crippen LogP contribution is -2.35. The number of furan rings is 1. The van der Waals surface area contributed by atoms with Crippen molar-refractivity contribution in [3.05, 3.63) is 54.0 Å². The minimum atomic E-state index is -3.46. The number of hydrogen-bond acceptors (Lipinski definition) is 5. The molecule has 1 aliphatic rings. The molecule has 0 radical (unpaired) electrons. The average molecular weight is 421 g/mol. The van der Waals surface area contributed by atoms with Crippen LogP contribution in [0, 0.1) is 0 Å². The lowest BCUT2D eigenvalue weighted by Gasteiger charge is -2.26. The summed E-state index contributed by atoms with van der Waals surface area (Å²) in [5.41, 5.74) is 0.773. The highest BCUT2D eigenvalue weighted by atomic mass is 32.2. The Morgan fingerprint density at radius 2 is 1.86 bits per heavy atom. The first-order chi connectivity index (χ1) is 14.0. The van der Waals surface area contributed by atoms with Crippen LogP contribution in [-0.4, -0.2) is 56.9 Å². The molecule has 0 saturated carbocycles. The number of hydrogen-bond donors (Lipinski definition) is 0. The van der Waals surface area contributed by atoms with Gasteiger partial charge in [-0.3, -0.25) is 4.79 Å². The van der Waals surface area contributed by atoms with E-state index in [0.29, 0.717) is 38.5 Å². The number of piperidine rings is 1. The third kappa shape index (κ3) is 5.68. The van der Waals surface area contributed by atoms with E-state index in [2.05, 4.69) is 0 Å². The van der Waals surface area contributed by atoms with Crippen LogP contribution in [0.4, 0.5) is 0 Å². The molecule has 0 aliphatic carbocycles. The van der Waals surface area contributed by atoms with Gasteiger partial charge in [0, 0.05) is 26.7 Å². The summed E-state index contributed by atoms with van der Waals surface area (Å²) < 4.78 is 37.5. The molecule has 1 aromatic carbocycles. The minimum absolute atomic E-state index is 0.0647. The molecule has 0 unspecified atom stereocenters. The van der Waals surface area contributed by atoms with Crippen LogP contribution in [0.5, 0.6) is 0 Å². The summed E-state index contributed by atoms with van der Waals surface area (Å²) in [6.07, 6.45) is 4.65. The van der Waals surface area contributed by atoms with Crippen LogP contribution in [0.25, 0.3) is 0 Å². The van der Waals surface area contributed by atoms with Crippen LogP contribution in [0.2, 0.25) is 0 Å². The Morgan fingerprint density at radius 3 is 2.48 bits per heavy atom. The van der Waals surface area contributed by atoms with Crippen molar-refractivity contribution in [3.8, 4) is 0 Å². The van der Waals surface area contributed by atoms with E-state index in [1.807, 2.05) is 6.07 Å². The van der Waals surface area contributed by atoms with Crippen molar-refractivity contribution in [3.63, 3.8) is 0 Å². The number of carbonyl (C=O) groups excluding carboxylic acids is 1. The highest BCUT2D eigenvalue weighted by Gasteiger charge is 2.26. The molecular weight excluding hydrogens is 392 g/mol. The fourth-order valence-electron chi connectivity index (χ4n) is 3.40. The average Bonchev–Trinajstić information content (AvgIpc) is 3.25. The van der Waals surface area contributed by atoms with E-state index < -0.39 is 10.0 Å². The van der Waals surface area contributed by atoms with E-state index in [-0.39, 0.29) is 17.2 Å². The summed E-state index contributed by atoms with van der Waals surface area (Å²) in [7, 11) is -1.87. The summed E-state index contributed by atoms with van der Waals surface area (Å²) >= 11 is 0. The summed E-state index contributed by atoms with van der Waals surface area (Å²) in [6, 6.07) is 10.2. The molecule has 1 aromatic heterocycles. The number of benzene rings is 1. The molecule has 2 heterocycles. The quantitative estimate of drug-likeness (QED) is 0.623. The summed E-state index contributed by atoms with van der Waals surface area (Å²) in [4.78, 5) is 14.7. The van der Waals surface area contributed by atoms with Gasteiger partial charge in [0.05, 0.1) is 30.7 Å². The third-order valence-corrected chi connectivity index (χ3v) is 6.99. The largest absolute Gasteiger partial charge is 0.467 e. The first-order valence-electron chi connectivity index (χ1n) is 9.89. The third-order valence-electron chi connectivity index (χ3n) is 5.08. The van der Waals surface area contributed by atoms with Gasteiger partial charge in [0.2, 0.25) is 15.9 Å². The summed E-state index contributed by atoms with van der Waals surface area (Å²) in [6.45, 7) is 2.40. The monoisotopic (exact) mass is 420 g/mol. The van der Waals surface area contributed by atoms with Crippen LogP contribution in [0.3, 0.4) is 0 Å². The highest BCUT2D eigenvalue weighted by molar-refractivity contribution is 7.89. The van der Waals surface area contributed by atoms with Gasteiger partial charge in [-0.05, 0) is 42.7 Å². The van der Waals surface area contributed by atoms with E-state index in [1.54, 1.807) is 52.9 Å². The van der Waals surface area contributed by atoms with Crippen molar-refractivity contribution in [2.75, 3.05) is 33.4 Å². The highest BCUT2D eigenvalue weighted by Crippen LogP contribution is 2.21. The molecule has 7 nitrogen and oxygen atoms in total. The zero-order valence-electron chi connectivity index (χ0n) is 16.7. The van der Waals surface area contributed by atoms with Gasteiger partial charge >= 0.3 is 0 Å². The van der Waals surface area contributed by atoms with Crippen molar-refractivity contribution in [2.24, 2.45) is 0 Å². The van der Waals surface area contributed by atoms with Crippen LogP contribution in [-0.2, 0) is 32.5 Å². The van der Waals surface area contributed by atoms with Gasteiger partial charge in [0.15, 0.2) is 0 Å². The molecule has 1 aliphatic heterocycles. The maximum Gasteiger partial charge on any atom is 0.243 e. The SMILES string of the molecule is COCCN(Cc1ccco1)C(=O)Cc1ccc(S(=O)(=O)N2CCCCC2)cc1. The minimum Gasteiger partial charge on any atom is -0.467 e. The number of methoxy groups -OCH3 is 1. The second-order valence-corrected chi connectivity index (χ2v) is 9.11. The Bertz CT molecular complexity index is 872. The first kappa shape index (κ1) is 21.5. The number of nitrogens with zero attached hydrogens (tertiary/aromatic N) is 2. The van der Waals surface area contributed by atoms with Crippen LogP contribution in [0.15, 0.2) is 52.0 Å². The maximum atomic E-state index is 12.8. The molecular formula is C21H28N2O5S. The molecule has 1 saturated heterocycles. The van der Waals surface area contributed by atoms with Crippen molar-refractivity contribution < 1.29 is 22.4 Å². The molecule has 0 bridgehead atoms. The first-order valence-corrected chi connectivity index (χ1v) is 11.3. The number of rotatable bonds is 9. The molecule has 29 heavy (non-hydrogen) atoms. The predicted octanol–water partition coefficient (Wildman–Crippen LogP) is 2.67. The topological polar surface area (TPSA) is 80.1 Å². The van der Waals surface area contributed by atoms with Crippen molar-refractivity contribution in [1.82, 2.24) is 9.21 Å². The van der Waals surface area contributed by atoms with Crippen LogP contribution >= 0.6 is 0 Å². The zero-order chi connectivity index (χ0) is 20.7. The van der Waals surface area contributed by atoms with E-state index in [1.165, 1.54) is 0 Å². The molecule has 3 rings (SSSR count). The Morgan fingerprint density at radius 1 is 1.14 bits per heavy atom. The molecule has 158 valence electrons. The second kappa shape index (κ2) is 10.0. The van der Waals surface area contributed by atoms with Gasteiger partial charge in [-0.1, -0.05) is 18.6 Å². The smallest absolute Gasteiger partial charge is 0.243 e. The van der Waals surface area contributed by atoms with E-state index in [0.717, 1.165) is 24.8 Å². The number of sulfonamides is 1. The van der Waals surface area contributed by atoms with Crippen LogP contribution in [0.1, 0.15) is 30.6 Å². The van der Waals surface area contributed by atoms with Gasteiger partial charge in [-0.2, -0.15) is 4.31 Å². The lowest BCUT2D eigenvalue weighted by molar-refractivity contribution is -0.132. The number of amides is 1. The Hall–Kier alpha value is -2.16. The van der Waals surface area contributed by atoms with Crippen molar-refractivity contribution in [1.29, 1.82) is 0 Å². The fraction of sp³-hybridized carbons (Fsp3) is 0.476.